The molecule has 0 aliphatic heterocycles. The van der Waals surface area contributed by atoms with Gasteiger partial charge in [-0.2, -0.15) is 8.42 Å². The minimum Gasteiger partial charge on any atom is -0.399 e. The van der Waals surface area contributed by atoms with Crippen molar-refractivity contribution in [3.63, 3.8) is 0 Å². The van der Waals surface area contributed by atoms with E-state index < -0.39 is 10.1 Å². The fourth-order valence-electron chi connectivity index (χ4n) is 1.54. The number of unbranched alkanes of at least 4 members (excludes halogenated alkanes) is 5. The minimum absolute atomic E-state index is 0.213. The van der Waals surface area contributed by atoms with Crippen LogP contribution in [0.1, 0.15) is 45.4 Å². The Hall–Kier alpha value is -1.14. The van der Waals surface area contributed by atoms with E-state index in [9.17, 15) is 12.9 Å². The van der Waals surface area contributed by atoms with E-state index >= 15 is 0 Å². The molecule has 0 aliphatic carbocycles. The van der Waals surface area contributed by atoms with Gasteiger partial charge in [0.05, 0.1) is 5.75 Å². The van der Waals surface area contributed by atoms with Crippen molar-refractivity contribution in [2.45, 2.75) is 45.4 Å². The van der Waals surface area contributed by atoms with Crippen LogP contribution in [0.5, 0.6) is 0 Å². The van der Waals surface area contributed by atoms with Gasteiger partial charge in [-0.25, -0.2) is 0 Å². The molecule has 1 rings (SSSR count). The summed E-state index contributed by atoms with van der Waals surface area (Å²) in [5, 5.41) is 0. The lowest BCUT2D eigenvalue weighted by Crippen LogP contribution is -2.05. The van der Waals surface area contributed by atoms with Crippen LogP contribution >= 0.6 is 0 Å². The minimum atomic E-state index is -3.88. The highest BCUT2D eigenvalue weighted by molar-refractivity contribution is 7.86. The molecule has 0 aliphatic rings. The third-order valence-electron chi connectivity index (χ3n) is 2.64. The van der Waals surface area contributed by atoms with Crippen LogP contribution in [-0.2, 0) is 14.5 Å². The number of nitrogen functional groups attached to an aromatic ring is 1. The molecule has 2 N–H and O–H groups in total. The predicted molar refractivity (Wildman–Crippen MR) is 80.2 cm³/mol. The van der Waals surface area contributed by atoms with E-state index in [1.165, 1.54) is 6.42 Å². The molecule has 0 saturated heterocycles. The summed E-state index contributed by atoms with van der Waals surface area (Å²) in [7, 11) is -3.88. The summed E-state index contributed by atoms with van der Waals surface area (Å²) in [6, 6.07) is 9.49. The molecule has 0 heterocycles. The van der Waals surface area contributed by atoms with Crippen molar-refractivity contribution in [2.75, 3.05) is 11.5 Å². The van der Waals surface area contributed by atoms with E-state index in [0.717, 1.165) is 31.4 Å². The number of hydrogen-bond acceptors (Lipinski definition) is 4. The van der Waals surface area contributed by atoms with Gasteiger partial charge in [0.1, 0.15) is 0 Å². The maximum atomic E-state index is 11.3. The number of rotatable bonds is 8. The Morgan fingerprint density at radius 1 is 1.05 bits per heavy atom. The third-order valence-corrected chi connectivity index (χ3v) is 3.62. The van der Waals surface area contributed by atoms with Gasteiger partial charge in [0.2, 0.25) is 0 Å². The molecular weight excluding hydrogens is 281 g/mol. The number of nitrogens with two attached hydrogens (primary N) is 1. The van der Waals surface area contributed by atoms with E-state index in [1.807, 2.05) is 30.3 Å². The highest BCUT2D eigenvalue weighted by atomic mass is 32.2. The second-order valence-corrected chi connectivity index (χ2v) is 6.15. The lowest BCUT2D eigenvalue weighted by molar-refractivity contribution is 0.00288. The smallest absolute Gasteiger partial charge is 0.297 e. The summed E-state index contributed by atoms with van der Waals surface area (Å²) in [6.45, 7) is 2.11. The predicted octanol–water partition coefficient (Wildman–Crippen LogP) is 3.85. The SMILES string of the molecule is CCCCCCCCS(=O)(=O)OF.Nc1ccccc1. The van der Waals surface area contributed by atoms with E-state index in [0.29, 0.717) is 6.42 Å². The maximum absolute atomic E-state index is 11.3. The first kappa shape index (κ1) is 18.9. The summed E-state index contributed by atoms with van der Waals surface area (Å²) in [6.07, 6.45) is 5.76. The van der Waals surface area contributed by atoms with Crippen LogP contribution < -0.4 is 5.73 Å². The average Bonchev–Trinajstić information content (AvgIpc) is 2.44. The van der Waals surface area contributed by atoms with Crippen molar-refractivity contribution in [3.8, 4) is 0 Å². The zero-order valence-corrected chi connectivity index (χ0v) is 12.7. The summed E-state index contributed by atoms with van der Waals surface area (Å²) >= 11 is 0. The number of halogens is 1. The van der Waals surface area contributed by atoms with Crippen molar-refractivity contribution >= 4 is 15.8 Å². The first-order valence-corrected chi connectivity index (χ1v) is 8.43. The van der Waals surface area contributed by atoms with Crippen molar-refractivity contribution < 1.29 is 17.3 Å². The molecule has 4 nitrogen and oxygen atoms in total. The number of para-hydroxylation sites is 1. The van der Waals surface area contributed by atoms with E-state index in [1.54, 1.807) is 0 Å². The summed E-state index contributed by atoms with van der Waals surface area (Å²) < 4.78 is 35.1. The highest BCUT2D eigenvalue weighted by Gasteiger charge is 2.09. The van der Waals surface area contributed by atoms with E-state index in [2.05, 4.69) is 11.3 Å². The number of hydrogen-bond donors (Lipinski definition) is 1. The lowest BCUT2D eigenvalue weighted by atomic mass is 10.1. The Labute approximate surface area is 121 Å². The van der Waals surface area contributed by atoms with Crippen LogP contribution in [-0.4, -0.2) is 14.2 Å². The second kappa shape index (κ2) is 11.7. The first-order valence-electron chi connectivity index (χ1n) is 6.85. The molecule has 0 unspecified atom stereocenters. The van der Waals surface area contributed by atoms with Crippen LogP contribution in [0.15, 0.2) is 30.3 Å². The quantitative estimate of drug-likeness (QED) is 0.585. The Balaban J connectivity index is 0.000000428. The number of benzene rings is 1. The van der Waals surface area contributed by atoms with E-state index in [4.69, 9.17) is 5.73 Å². The van der Waals surface area contributed by atoms with Crippen LogP contribution in [0.3, 0.4) is 0 Å². The molecule has 0 radical (unpaired) electrons. The molecular formula is C14H24FNO3S. The van der Waals surface area contributed by atoms with Crippen LogP contribution in [0.2, 0.25) is 0 Å². The lowest BCUT2D eigenvalue weighted by Gasteiger charge is -1.99. The van der Waals surface area contributed by atoms with Crippen molar-refractivity contribution in [1.29, 1.82) is 0 Å². The zero-order valence-electron chi connectivity index (χ0n) is 11.9. The molecule has 0 spiro atoms. The molecule has 1 aromatic rings. The molecule has 20 heavy (non-hydrogen) atoms. The van der Waals surface area contributed by atoms with Crippen molar-refractivity contribution in [2.24, 2.45) is 0 Å². The van der Waals surface area contributed by atoms with Crippen LogP contribution in [0.25, 0.3) is 0 Å². The highest BCUT2D eigenvalue weighted by Crippen LogP contribution is 2.07. The van der Waals surface area contributed by atoms with Gasteiger partial charge >= 0.3 is 0 Å². The van der Waals surface area contributed by atoms with Gasteiger partial charge < -0.3 is 5.73 Å². The first-order chi connectivity index (χ1) is 9.52. The van der Waals surface area contributed by atoms with Crippen molar-refractivity contribution in [1.82, 2.24) is 0 Å². The molecule has 0 fully saturated rings. The van der Waals surface area contributed by atoms with Crippen LogP contribution in [0, 0.1) is 0 Å². The van der Waals surface area contributed by atoms with E-state index in [-0.39, 0.29) is 5.75 Å². The van der Waals surface area contributed by atoms with Gasteiger partial charge in [-0.15, -0.1) is 0 Å². The number of anilines is 1. The largest absolute Gasteiger partial charge is 0.399 e. The second-order valence-electron chi connectivity index (χ2n) is 4.50. The van der Waals surface area contributed by atoms with Gasteiger partial charge in [0, 0.05) is 5.69 Å². The monoisotopic (exact) mass is 305 g/mol. The summed E-state index contributed by atoms with van der Waals surface area (Å²) in [5.41, 5.74) is 6.18. The van der Waals surface area contributed by atoms with Gasteiger partial charge in [-0.1, -0.05) is 61.6 Å². The molecule has 0 bridgehead atoms. The Morgan fingerprint density at radius 2 is 1.60 bits per heavy atom. The van der Waals surface area contributed by atoms with Gasteiger partial charge in [0.15, 0.2) is 0 Å². The normalized spacial score (nSPS) is 10.7. The fraction of sp³-hybridized carbons (Fsp3) is 0.571. The summed E-state index contributed by atoms with van der Waals surface area (Å²) in [4.78, 5) is 0. The molecule has 0 aromatic heterocycles. The Kier molecular flexibility index (Phi) is 11.0. The third kappa shape index (κ3) is 11.9. The maximum Gasteiger partial charge on any atom is 0.297 e. The van der Waals surface area contributed by atoms with Crippen LogP contribution in [0.4, 0.5) is 10.2 Å². The molecule has 6 heteroatoms. The molecule has 116 valence electrons. The molecule has 0 amide bonds. The average molecular weight is 305 g/mol. The summed E-state index contributed by atoms with van der Waals surface area (Å²) in [5.74, 6) is -0.213. The standard InChI is InChI=1S/C8H17FO3S.C6H7N/c1-2-3-4-5-6-7-8-13(10,11)12-9;7-6-4-2-1-3-5-6/h2-8H2,1H3;1-5H,7H2. The molecule has 0 saturated carbocycles. The van der Waals surface area contributed by atoms with Gasteiger partial charge in [-0.05, 0) is 23.1 Å². The Morgan fingerprint density at radius 3 is 2.05 bits per heavy atom. The fourth-order valence-corrected chi connectivity index (χ4v) is 2.16. The topological polar surface area (TPSA) is 69.4 Å². The van der Waals surface area contributed by atoms with Crippen molar-refractivity contribution in [3.05, 3.63) is 30.3 Å². The Bertz CT molecular complexity index is 423. The van der Waals surface area contributed by atoms with Gasteiger partial charge in [0.25, 0.3) is 10.1 Å². The zero-order chi connectivity index (χ0) is 15.3. The molecule has 0 atom stereocenters. The molecule has 1 aromatic carbocycles. The van der Waals surface area contributed by atoms with Gasteiger partial charge in [-0.3, -0.25) is 0 Å².